The summed E-state index contributed by atoms with van der Waals surface area (Å²) in [6, 6.07) is 19.4. The molecule has 1 saturated heterocycles. The zero-order valence-corrected chi connectivity index (χ0v) is 17.8. The van der Waals surface area contributed by atoms with E-state index in [0.29, 0.717) is 36.4 Å². The molecule has 1 amide bonds. The maximum atomic E-state index is 13.0. The highest BCUT2D eigenvalue weighted by atomic mass is 16.5. The highest BCUT2D eigenvalue weighted by molar-refractivity contribution is 6.46. The lowest BCUT2D eigenvalue weighted by atomic mass is 9.96. The summed E-state index contributed by atoms with van der Waals surface area (Å²) in [6.45, 7) is 2.76. The minimum absolute atomic E-state index is 0.0696. The molecule has 1 aromatic heterocycles. The number of aliphatic hydroxyl groups is 1. The zero-order chi connectivity index (χ0) is 22.5. The monoisotopic (exact) mass is 428 g/mol. The van der Waals surface area contributed by atoms with Crippen molar-refractivity contribution >= 4 is 17.4 Å². The summed E-state index contributed by atoms with van der Waals surface area (Å²) in [5, 5.41) is 11.1. The number of amides is 1. The Kier molecular flexibility index (Phi) is 6.31. The Morgan fingerprint density at radius 2 is 1.78 bits per heavy atom. The number of carbonyl (C=O) groups excluding carboxylic acids is 2. The van der Waals surface area contributed by atoms with Gasteiger partial charge in [0.15, 0.2) is 0 Å². The molecule has 4 rings (SSSR count). The van der Waals surface area contributed by atoms with E-state index in [1.54, 1.807) is 42.7 Å². The lowest BCUT2D eigenvalue weighted by Gasteiger charge is -2.25. The highest BCUT2D eigenvalue weighted by Gasteiger charge is 2.45. The van der Waals surface area contributed by atoms with Crippen molar-refractivity contribution in [2.75, 3.05) is 13.2 Å². The Balaban J connectivity index is 1.73. The molecule has 1 aliphatic heterocycles. The van der Waals surface area contributed by atoms with Crippen LogP contribution in [0.4, 0.5) is 0 Å². The highest BCUT2D eigenvalue weighted by Crippen LogP contribution is 2.39. The van der Waals surface area contributed by atoms with Gasteiger partial charge in [0.25, 0.3) is 11.7 Å². The fourth-order valence-electron chi connectivity index (χ4n) is 3.92. The summed E-state index contributed by atoms with van der Waals surface area (Å²) in [5.41, 5.74) is 2.25. The Labute approximate surface area is 186 Å². The van der Waals surface area contributed by atoms with Gasteiger partial charge in [0.05, 0.1) is 18.2 Å². The normalized spacial score (nSPS) is 17.5. The van der Waals surface area contributed by atoms with Gasteiger partial charge in [-0.2, -0.15) is 0 Å². The van der Waals surface area contributed by atoms with Crippen LogP contribution in [0.2, 0.25) is 0 Å². The van der Waals surface area contributed by atoms with E-state index in [2.05, 4.69) is 4.98 Å². The molecule has 6 nitrogen and oxygen atoms in total. The third kappa shape index (κ3) is 4.25. The second-order valence-electron chi connectivity index (χ2n) is 7.47. The van der Waals surface area contributed by atoms with Crippen LogP contribution in [0.3, 0.4) is 0 Å². The van der Waals surface area contributed by atoms with E-state index in [0.717, 1.165) is 5.56 Å². The molecule has 1 N–H and O–H groups in total. The van der Waals surface area contributed by atoms with Crippen molar-refractivity contribution in [1.82, 2.24) is 9.88 Å². The summed E-state index contributed by atoms with van der Waals surface area (Å²) in [4.78, 5) is 31.7. The van der Waals surface area contributed by atoms with Crippen LogP contribution in [-0.4, -0.2) is 39.8 Å². The van der Waals surface area contributed by atoms with E-state index >= 15 is 0 Å². The fourth-order valence-corrected chi connectivity index (χ4v) is 3.92. The Morgan fingerprint density at radius 3 is 2.44 bits per heavy atom. The van der Waals surface area contributed by atoms with Crippen molar-refractivity contribution in [1.29, 1.82) is 0 Å². The van der Waals surface area contributed by atoms with Crippen LogP contribution in [0.5, 0.6) is 5.75 Å². The number of aliphatic hydroxyl groups excluding tert-OH is 1. The summed E-state index contributed by atoms with van der Waals surface area (Å²) in [5.74, 6) is -0.862. The molecule has 2 heterocycles. The fraction of sp³-hybridized carbons (Fsp3) is 0.192. The third-order valence-corrected chi connectivity index (χ3v) is 5.46. The van der Waals surface area contributed by atoms with Gasteiger partial charge in [-0.3, -0.25) is 14.6 Å². The van der Waals surface area contributed by atoms with Crippen LogP contribution >= 0.6 is 0 Å². The minimum atomic E-state index is -0.709. The van der Waals surface area contributed by atoms with Crippen molar-refractivity contribution in [2.45, 2.75) is 19.4 Å². The van der Waals surface area contributed by atoms with Gasteiger partial charge in [-0.1, -0.05) is 36.4 Å². The number of carbonyl (C=O) groups is 2. The number of aromatic nitrogens is 1. The number of ketones is 1. The molecular weight excluding hydrogens is 404 g/mol. The standard InChI is InChI=1S/C26H24N2O4/c1-2-32-21-12-10-19(11-13-21)24(29)22-23(20-9-6-15-27-17-20)28(26(31)25(22)30)16-14-18-7-4-3-5-8-18/h3-13,15,17,23,29H,2,14,16H2,1H3. The number of benzene rings is 2. The molecule has 1 atom stereocenters. The van der Waals surface area contributed by atoms with E-state index in [9.17, 15) is 14.7 Å². The van der Waals surface area contributed by atoms with E-state index in [-0.39, 0.29) is 11.3 Å². The van der Waals surface area contributed by atoms with E-state index in [4.69, 9.17) is 4.74 Å². The van der Waals surface area contributed by atoms with Crippen LogP contribution < -0.4 is 4.74 Å². The average Bonchev–Trinajstić information content (AvgIpc) is 3.09. The van der Waals surface area contributed by atoms with Gasteiger partial charge < -0.3 is 14.7 Å². The Bertz CT molecular complexity index is 1130. The molecule has 32 heavy (non-hydrogen) atoms. The molecule has 1 fully saturated rings. The second kappa shape index (κ2) is 9.47. The van der Waals surface area contributed by atoms with Gasteiger partial charge in [0, 0.05) is 24.5 Å². The van der Waals surface area contributed by atoms with E-state index < -0.39 is 17.7 Å². The van der Waals surface area contributed by atoms with Crippen LogP contribution in [0.1, 0.15) is 29.7 Å². The molecule has 0 saturated carbocycles. The Morgan fingerprint density at radius 1 is 1.03 bits per heavy atom. The largest absolute Gasteiger partial charge is 0.507 e. The summed E-state index contributed by atoms with van der Waals surface area (Å²) in [6.07, 6.45) is 3.84. The topological polar surface area (TPSA) is 79.7 Å². The van der Waals surface area contributed by atoms with Gasteiger partial charge >= 0.3 is 0 Å². The predicted molar refractivity (Wildman–Crippen MR) is 121 cm³/mol. The van der Waals surface area contributed by atoms with Crippen molar-refractivity contribution in [3.8, 4) is 5.75 Å². The molecule has 0 radical (unpaired) electrons. The number of Topliss-reactive ketones (excluding diaryl/α,β-unsaturated/α-hetero) is 1. The molecule has 0 bridgehead atoms. The van der Waals surface area contributed by atoms with Gasteiger partial charge in [0.2, 0.25) is 0 Å². The van der Waals surface area contributed by atoms with Gasteiger partial charge in [-0.25, -0.2) is 0 Å². The smallest absolute Gasteiger partial charge is 0.295 e. The molecule has 0 aliphatic carbocycles. The predicted octanol–water partition coefficient (Wildman–Crippen LogP) is 4.14. The second-order valence-corrected chi connectivity index (χ2v) is 7.47. The molecule has 162 valence electrons. The first kappa shape index (κ1) is 21.3. The van der Waals surface area contributed by atoms with Crippen molar-refractivity contribution < 1.29 is 19.4 Å². The van der Waals surface area contributed by atoms with Gasteiger partial charge in [-0.15, -0.1) is 0 Å². The third-order valence-electron chi connectivity index (χ3n) is 5.46. The SMILES string of the molecule is CCOc1ccc(C(O)=C2C(=O)C(=O)N(CCc3ccccc3)C2c2cccnc2)cc1. The molecular formula is C26H24N2O4. The van der Waals surface area contributed by atoms with Crippen molar-refractivity contribution in [3.05, 3.63) is 101 Å². The number of rotatable bonds is 7. The summed E-state index contributed by atoms with van der Waals surface area (Å²) in [7, 11) is 0. The number of pyridine rings is 1. The van der Waals surface area contributed by atoms with Gasteiger partial charge in [-0.05, 0) is 54.8 Å². The average molecular weight is 428 g/mol. The first-order valence-corrected chi connectivity index (χ1v) is 10.6. The molecule has 1 unspecified atom stereocenters. The number of ether oxygens (including phenoxy) is 1. The molecule has 6 heteroatoms. The maximum Gasteiger partial charge on any atom is 0.295 e. The van der Waals surface area contributed by atoms with Crippen LogP contribution in [-0.2, 0) is 16.0 Å². The van der Waals surface area contributed by atoms with Crippen LogP contribution in [0.15, 0.2) is 84.7 Å². The van der Waals surface area contributed by atoms with Gasteiger partial charge in [0.1, 0.15) is 11.5 Å². The quantitative estimate of drug-likeness (QED) is 0.348. The van der Waals surface area contributed by atoms with Crippen LogP contribution in [0.25, 0.3) is 5.76 Å². The number of hydrogen-bond acceptors (Lipinski definition) is 5. The first-order valence-electron chi connectivity index (χ1n) is 10.6. The van der Waals surface area contributed by atoms with E-state index in [1.165, 1.54) is 4.90 Å². The molecule has 2 aromatic carbocycles. The number of nitrogens with zero attached hydrogens (tertiary/aromatic N) is 2. The molecule has 1 aliphatic rings. The van der Waals surface area contributed by atoms with Crippen LogP contribution in [0, 0.1) is 0 Å². The molecule has 3 aromatic rings. The molecule has 0 spiro atoms. The summed E-state index contributed by atoms with van der Waals surface area (Å²) >= 11 is 0. The Hall–Kier alpha value is -3.93. The summed E-state index contributed by atoms with van der Waals surface area (Å²) < 4.78 is 5.45. The lowest BCUT2D eigenvalue weighted by molar-refractivity contribution is -0.139. The number of hydrogen-bond donors (Lipinski definition) is 1. The maximum absolute atomic E-state index is 13.0. The van der Waals surface area contributed by atoms with E-state index in [1.807, 2.05) is 43.3 Å². The zero-order valence-electron chi connectivity index (χ0n) is 17.8. The van der Waals surface area contributed by atoms with Crippen molar-refractivity contribution in [2.24, 2.45) is 0 Å². The van der Waals surface area contributed by atoms with Crippen molar-refractivity contribution in [3.63, 3.8) is 0 Å². The minimum Gasteiger partial charge on any atom is -0.507 e. The number of likely N-dealkylation sites (tertiary alicyclic amines) is 1. The lowest BCUT2D eigenvalue weighted by Crippen LogP contribution is -2.31. The first-order chi connectivity index (χ1) is 15.6.